The molecule has 18 heavy (non-hydrogen) atoms. The highest BCUT2D eigenvalue weighted by atomic mass is 127. The Morgan fingerprint density at radius 3 is 2.67 bits per heavy atom. The largest absolute Gasteiger partial charge is 0.264 e. The van der Waals surface area contributed by atoms with Gasteiger partial charge in [-0.25, -0.2) is 0 Å². The van der Waals surface area contributed by atoms with Crippen molar-refractivity contribution in [1.82, 2.24) is 9.78 Å². The van der Waals surface area contributed by atoms with Crippen LogP contribution >= 0.6 is 34.2 Å². The van der Waals surface area contributed by atoms with Gasteiger partial charge in [-0.15, -0.1) is 0 Å². The predicted molar refractivity (Wildman–Crippen MR) is 84.3 cm³/mol. The lowest BCUT2D eigenvalue weighted by Gasteiger charge is -2.06. The molecule has 0 saturated carbocycles. The normalized spacial score (nSPS) is 10.9. The van der Waals surface area contributed by atoms with Gasteiger partial charge in [0.25, 0.3) is 0 Å². The van der Waals surface area contributed by atoms with E-state index in [1.807, 2.05) is 18.2 Å². The molecule has 0 saturated heterocycles. The maximum atomic E-state index is 6.02. The van der Waals surface area contributed by atoms with Crippen molar-refractivity contribution >= 4 is 34.2 Å². The van der Waals surface area contributed by atoms with E-state index in [1.165, 1.54) is 20.5 Å². The molecule has 1 heterocycles. The summed E-state index contributed by atoms with van der Waals surface area (Å²) in [4.78, 5) is 0. The van der Waals surface area contributed by atoms with Gasteiger partial charge < -0.3 is 0 Å². The second kappa shape index (κ2) is 6.06. The third-order valence-electron chi connectivity index (χ3n) is 2.95. The third-order valence-corrected chi connectivity index (χ3v) is 4.43. The topological polar surface area (TPSA) is 17.8 Å². The summed E-state index contributed by atoms with van der Waals surface area (Å²) in [5.74, 6) is 0. The number of rotatable bonds is 4. The zero-order valence-electron chi connectivity index (χ0n) is 10.6. The van der Waals surface area contributed by atoms with Crippen LogP contribution in [0.5, 0.6) is 0 Å². The number of aryl methyl sites for hydroxylation is 1. The second-order valence-electron chi connectivity index (χ2n) is 4.20. The van der Waals surface area contributed by atoms with Gasteiger partial charge in [0.05, 0.1) is 21.5 Å². The van der Waals surface area contributed by atoms with Crippen molar-refractivity contribution in [2.45, 2.75) is 33.2 Å². The van der Waals surface area contributed by atoms with Gasteiger partial charge in [0.2, 0.25) is 0 Å². The van der Waals surface area contributed by atoms with Gasteiger partial charge in [-0.3, -0.25) is 4.68 Å². The molecule has 0 radical (unpaired) electrons. The van der Waals surface area contributed by atoms with Crippen LogP contribution in [0.4, 0.5) is 0 Å². The van der Waals surface area contributed by atoms with E-state index in [0.717, 1.165) is 24.4 Å². The number of halogens is 2. The zero-order valence-corrected chi connectivity index (χ0v) is 13.5. The van der Waals surface area contributed by atoms with Crippen LogP contribution in [-0.2, 0) is 19.4 Å². The highest BCUT2D eigenvalue weighted by Crippen LogP contribution is 2.20. The van der Waals surface area contributed by atoms with Crippen LogP contribution in [0.15, 0.2) is 24.3 Å². The van der Waals surface area contributed by atoms with E-state index in [4.69, 9.17) is 16.7 Å². The molecule has 0 aliphatic carbocycles. The van der Waals surface area contributed by atoms with E-state index >= 15 is 0 Å². The fraction of sp³-hybridized carbons (Fsp3) is 0.357. The molecule has 2 rings (SSSR count). The summed E-state index contributed by atoms with van der Waals surface area (Å²) in [6, 6.07) is 7.97. The first-order valence-electron chi connectivity index (χ1n) is 6.14. The number of hydrogen-bond acceptors (Lipinski definition) is 1. The molecule has 0 spiro atoms. The average Bonchev–Trinajstić information content (AvgIpc) is 2.65. The van der Waals surface area contributed by atoms with Crippen LogP contribution in [-0.4, -0.2) is 9.78 Å². The monoisotopic (exact) mass is 374 g/mol. The maximum Gasteiger partial charge on any atom is 0.0758 e. The smallest absolute Gasteiger partial charge is 0.0758 e. The molecule has 1 aromatic heterocycles. The Bertz CT molecular complexity index is 549. The number of nitrogens with zero attached hydrogens (tertiary/aromatic N) is 2. The molecule has 0 N–H and O–H groups in total. The summed E-state index contributed by atoms with van der Waals surface area (Å²) < 4.78 is 3.41. The first-order valence-corrected chi connectivity index (χ1v) is 7.59. The van der Waals surface area contributed by atoms with Gasteiger partial charge in [0, 0.05) is 5.02 Å². The van der Waals surface area contributed by atoms with Gasteiger partial charge >= 0.3 is 0 Å². The molecule has 2 aromatic rings. The Labute approximate surface area is 126 Å². The van der Waals surface area contributed by atoms with E-state index in [9.17, 15) is 0 Å². The van der Waals surface area contributed by atoms with Crippen LogP contribution in [0.3, 0.4) is 0 Å². The first kappa shape index (κ1) is 13.9. The molecular weight excluding hydrogens is 359 g/mol. The van der Waals surface area contributed by atoms with E-state index in [0.29, 0.717) is 0 Å². The van der Waals surface area contributed by atoms with E-state index in [1.54, 1.807) is 0 Å². The Hall–Kier alpha value is -0.550. The lowest BCUT2D eigenvalue weighted by molar-refractivity contribution is 0.640. The minimum atomic E-state index is 0.781. The first-order chi connectivity index (χ1) is 8.65. The molecule has 0 bridgehead atoms. The molecule has 0 amide bonds. The lowest BCUT2D eigenvalue weighted by Crippen LogP contribution is -2.06. The minimum absolute atomic E-state index is 0.781. The molecule has 96 valence electrons. The van der Waals surface area contributed by atoms with Crippen molar-refractivity contribution in [3.8, 4) is 0 Å². The van der Waals surface area contributed by atoms with Crippen LogP contribution in [0.25, 0.3) is 0 Å². The molecule has 1 aromatic carbocycles. The summed E-state index contributed by atoms with van der Waals surface area (Å²) in [6.07, 6.45) is 1.99. The van der Waals surface area contributed by atoms with Crippen LogP contribution in [0.2, 0.25) is 5.02 Å². The van der Waals surface area contributed by atoms with Crippen molar-refractivity contribution in [2.24, 2.45) is 0 Å². The van der Waals surface area contributed by atoms with Crippen molar-refractivity contribution < 1.29 is 0 Å². The standard InChI is InChI=1S/C14H16ClIN2/c1-3-12-14(16)13(4-2)18(17-12)9-10-6-5-7-11(15)8-10/h5-8H,3-4,9H2,1-2H3. The Morgan fingerprint density at radius 1 is 1.28 bits per heavy atom. The Balaban J connectivity index is 2.34. The van der Waals surface area contributed by atoms with Gasteiger partial charge in [-0.1, -0.05) is 37.6 Å². The Kier molecular flexibility index (Phi) is 4.67. The van der Waals surface area contributed by atoms with Crippen molar-refractivity contribution in [2.75, 3.05) is 0 Å². The van der Waals surface area contributed by atoms with Crippen molar-refractivity contribution in [1.29, 1.82) is 0 Å². The number of hydrogen-bond donors (Lipinski definition) is 0. The SMILES string of the molecule is CCc1nn(Cc2cccc(Cl)c2)c(CC)c1I. The van der Waals surface area contributed by atoms with Crippen molar-refractivity contribution in [3.05, 3.63) is 49.8 Å². The summed E-state index contributed by atoms with van der Waals surface area (Å²) in [5, 5.41) is 5.47. The number of benzene rings is 1. The summed E-state index contributed by atoms with van der Waals surface area (Å²) >= 11 is 8.42. The molecule has 0 atom stereocenters. The fourth-order valence-electron chi connectivity index (χ4n) is 2.03. The number of aromatic nitrogens is 2. The summed E-state index contributed by atoms with van der Waals surface area (Å²) in [6.45, 7) is 5.11. The average molecular weight is 375 g/mol. The fourth-order valence-corrected chi connectivity index (χ4v) is 3.39. The second-order valence-corrected chi connectivity index (χ2v) is 5.72. The summed E-state index contributed by atoms with van der Waals surface area (Å²) in [7, 11) is 0. The van der Waals surface area contributed by atoms with E-state index < -0.39 is 0 Å². The Morgan fingerprint density at radius 2 is 2.06 bits per heavy atom. The lowest BCUT2D eigenvalue weighted by atomic mass is 10.2. The van der Waals surface area contributed by atoms with Gasteiger partial charge in [0.1, 0.15) is 0 Å². The maximum absolute atomic E-state index is 6.02. The van der Waals surface area contributed by atoms with E-state index in [2.05, 4.69) is 47.2 Å². The van der Waals surface area contributed by atoms with Gasteiger partial charge in [-0.05, 0) is 53.1 Å². The van der Waals surface area contributed by atoms with Crippen molar-refractivity contribution in [3.63, 3.8) is 0 Å². The minimum Gasteiger partial charge on any atom is -0.264 e. The molecule has 0 aliphatic rings. The van der Waals surface area contributed by atoms with Crippen LogP contribution in [0.1, 0.15) is 30.8 Å². The van der Waals surface area contributed by atoms with Gasteiger partial charge in [-0.2, -0.15) is 5.10 Å². The molecule has 2 nitrogen and oxygen atoms in total. The van der Waals surface area contributed by atoms with Crippen LogP contribution in [0, 0.1) is 3.57 Å². The highest BCUT2D eigenvalue weighted by Gasteiger charge is 2.13. The molecule has 4 heteroatoms. The zero-order chi connectivity index (χ0) is 13.1. The third kappa shape index (κ3) is 2.88. The predicted octanol–water partition coefficient (Wildman–Crippen LogP) is 4.31. The molecular formula is C14H16ClIN2. The molecule has 0 unspecified atom stereocenters. The molecule has 0 aliphatic heterocycles. The molecule has 0 fully saturated rings. The van der Waals surface area contributed by atoms with Crippen LogP contribution < -0.4 is 0 Å². The van der Waals surface area contributed by atoms with E-state index in [-0.39, 0.29) is 0 Å². The quantitative estimate of drug-likeness (QED) is 0.729. The highest BCUT2D eigenvalue weighted by molar-refractivity contribution is 14.1. The summed E-state index contributed by atoms with van der Waals surface area (Å²) in [5.41, 5.74) is 3.70. The van der Waals surface area contributed by atoms with Gasteiger partial charge in [0.15, 0.2) is 0 Å².